The van der Waals surface area contributed by atoms with Crippen molar-refractivity contribution in [2.24, 2.45) is 11.8 Å². The van der Waals surface area contributed by atoms with Crippen molar-refractivity contribution in [3.63, 3.8) is 0 Å². The van der Waals surface area contributed by atoms with E-state index in [1.807, 2.05) is 0 Å². The Morgan fingerprint density at radius 1 is 1.08 bits per heavy atom. The van der Waals surface area contributed by atoms with Gasteiger partial charge >= 0.3 is 6.18 Å². The van der Waals surface area contributed by atoms with Gasteiger partial charge in [0.05, 0.1) is 33.8 Å². The van der Waals surface area contributed by atoms with E-state index in [2.05, 4.69) is 35.0 Å². The summed E-state index contributed by atoms with van der Waals surface area (Å²) in [6.07, 6.45) is 3.27. The molecule has 3 fully saturated rings. The molecule has 15 heteroatoms. The summed E-state index contributed by atoms with van der Waals surface area (Å²) in [7, 11) is -3.52. The second-order valence-corrected chi connectivity index (χ2v) is 12.6. The molecule has 10 nitrogen and oxygen atoms in total. The fourth-order valence-corrected chi connectivity index (χ4v) is 6.93. The number of amides is 1. The first kappa shape index (κ1) is 24.2. The van der Waals surface area contributed by atoms with Crippen LogP contribution in [0.1, 0.15) is 53.3 Å². The first-order chi connectivity index (χ1) is 17.5. The van der Waals surface area contributed by atoms with Crippen LogP contribution >= 0.6 is 11.3 Å². The number of hydrogen-bond acceptors (Lipinski definition) is 9. The van der Waals surface area contributed by atoms with Crippen LogP contribution in [-0.4, -0.2) is 44.5 Å². The van der Waals surface area contributed by atoms with Gasteiger partial charge in [0, 0.05) is 12.3 Å². The van der Waals surface area contributed by atoms with E-state index in [1.165, 1.54) is 18.7 Å². The van der Waals surface area contributed by atoms with Crippen molar-refractivity contribution in [2.75, 3.05) is 4.72 Å². The Balaban J connectivity index is 1.25. The highest BCUT2D eigenvalue weighted by atomic mass is 32.2. The number of nitrogens with one attached hydrogen (secondary N) is 2. The maximum Gasteiger partial charge on any atom is 0.434 e. The minimum atomic E-state index is -4.65. The first-order valence-corrected chi connectivity index (χ1v) is 13.9. The molecule has 3 aliphatic rings. The minimum absolute atomic E-state index is 0.0356. The highest BCUT2D eigenvalue weighted by molar-refractivity contribution is 7.93. The number of fused-ring (bicyclic) bond motifs is 1. The zero-order chi connectivity index (χ0) is 26.0. The Hall–Kier alpha value is -3.20. The van der Waals surface area contributed by atoms with Crippen LogP contribution in [0.15, 0.2) is 31.0 Å². The van der Waals surface area contributed by atoms with Crippen LogP contribution in [0.25, 0.3) is 10.6 Å². The summed E-state index contributed by atoms with van der Waals surface area (Å²) in [5.74, 6) is 0.491. The third kappa shape index (κ3) is 4.77. The Labute approximate surface area is 213 Å². The number of carbonyl (C=O) groups is 1. The fourth-order valence-electron chi connectivity index (χ4n) is 4.84. The predicted molar refractivity (Wildman–Crippen MR) is 126 cm³/mol. The van der Waals surface area contributed by atoms with Gasteiger partial charge in [-0.25, -0.2) is 28.4 Å². The summed E-state index contributed by atoms with van der Waals surface area (Å²) in [6.45, 7) is 0. The Morgan fingerprint density at radius 2 is 1.84 bits per heavy atom. The van der Waals surface area contributed by atoms with Gasteiger partial charge in [-0.15, -0.1) is 11.3 Å². The molecule has 2 N–H and O–H groups in total. The quantitative estimate of drug-likeness (QED) is 0.456. The van der Waals surface area contributed by atoms with E-state index in [4.69, 9.17) is 0 Å². The van der Waals surface area contributed by atoms with Gasteiger partial charge in [0.1, 0.15) is 17.8 Å². The van der Waals surface area contributed by atoms with Gasteiger partial charge in [0.15, 0.2) is 10.7 Å². The number of nitrogens with zero attached hydrogens (tertiary/aromatic N) is 5. The van der Waals surface area contributed by atoms with Crippen LogP contribution in [0.2, 0.25) is 0 Å². The lowest BCUT2D eigenvalue weighted by Gasteiger charge is -2.31. The standard InChI is InChI=1S/C22H20F3N7O3S2/c23-22(24,25)17-9-26-7-14(30-17)15-8-27-20(36-15)19(33)31-21(5-11-3-12(11)6-21)16-4-18(29-10-28-16)32-37(34,35)13-1-2-13/h4,7-13H,1-3,5-6H2,(H,31,33)(H,28,29,32). The molecule has 0 aliphatic heterocycles. The molecule has 0 radical (unpaired) electrons. The van der Waals surface area contributed by atoms with Gasteiger partial charge in [-0.05, 0) is 43.9 Å². The molecule has 1 amide bonds. The Bertz CT molecular complexity index is 1480. The molecule has 3 aromatic heterocycles. The summed E-state index contributed by atoms with van der Waals surface area (Å²) in [5, 5.41) is 2.67. The summed E-state index contributed by atoms with van der Waals surface area (Å²) in [6, 6.07) is 1.55. The number of aromatic nitrogens is 5. The number of carbonyl (C=O) groups excluding carboxylic acids is 1. The van der Waals surface area contributed by atoms with Gasteiger partial charge in [-0.1, -0.05) is 0 Å². The van der Waals surface area contributed by atoms with Crippen molar-refractivity contribution in [1.29, 1.82) is 0 Å². The number of halogens is 3. The Kier molecular flexibility index (Phi) is 5.49. The van der Waals surface area contributed by atoms with E-state index < -0.39 is 38.6 Å². The van der Waals surface area contributed by atoms with Gasteiger partial charge in [0.25, 0.3) is 5.91 Å². The third-order valence-electron chi connectivity index (χ3n) is 6.89. The van der Waals surface area contributed by atoms with Crippen molar-refractivity contribution < 1.29 is 26.4 Å². The maximum absolute atomic E-state index is 13.2. The van der Waals surface area contributed by atoms with Gasteiger partial charge < -0.3 is 5.32 Å². The molecule has 37 heavy (non-hydrogen) atoms. The lowest BCUT2D eigenvalue weighted by molar-refractivity contribution is -0.141. The monoisotopic (exact) mass is 551 g/mol. The summed E-state index contributed by atoms with van der Waals surface area (Å²) in [5.41, 5.74) is -1.51. The summed E-state index contributed by atoms with van der Waals surface area (Å²) in [4.78, 5) is 33.3. The SMILES string of the molecule is O=C(NC1(c2cc(NS(=O)(=O)C3CC3)ncn2)CC2CC2C1)c1ncc(-c2cncc(C(F)(F)F)n2)s1. The largest absolute Gasteiger partial charge is 0.434 e. The molecular weight excluding hydrogens is 531 g/mol. The first-order valence-electron chi connectivity index (χ1n) is 11.5. The molecule has 2 atom stereocenters. The molecule has 2 unspecified atom stereocenters. The normalized spacial score (nSPS) is 24.9. The van der Waals surface area contributed by atoms with Crippen LogP contribution in [0.5, 0.6) is 0 Å². The summed E-state index contributed by atoms with van der Waals surface area (Å²) < 4.78 is 66.3. The molecule has 3 heterocycles. The predicted octanol–water partition coefficient (Wildman–Crippen LogP) is 3.37. The zero-order valence-corrected chi connectivity index (χ0v) is 20.7. The van der Waals surface area contributed by atoms with Crippen molar-refractivity contribution in [2.45, 2.75) is 49.1 Å². The van der Waals surface area contributed by atoms with Crippen LogP contribution < -0.4 is 10.0 Å². The van der Waals surface area contributed by atoms with Crippen LogP contribution in [-0.2, 0) is 21.7 Å². The van der Waals surface area contributed by atoms with E-state index >= 15 is 0 Å². The molecule has 0 spiro atoms. The zero-order valence-electron chi connectivity index (χ0n) is 19.1. The van der Waals surface area contributed by atoms with Crippen LogP contribution in [0.4, 0.5) is 19.0 Å². The van der Waals surface area contributed by atoms with Crippen molar-refractivity contribution in [3.8, 4) is 10.6 Å². The van der Waals surface area contributed by atoms with Crippen LogP contribution in [0.3, 0.4) is 0 Å². The number of rotatable bonds is 7. The number of thiazole rings is 1. The molecule has 194 valence electrons. The Morgan fingerprint density at radius 3 is 2.54 bits per heavy atom. The average Bonchev–Trinajstić information content (AvgIpc) is 3.75. The lowest BCUT2D eigenvalue weighted by atomic mass is 9.89. The second kappa shape index (κ2) is 8.41. The van der Waals surface area contributed by atoms with Crippen molar-refractivity contribution in [3.05, 3.63) is 47.4 Å². The maximum atomic E-state index is 13.2. The second-order valence-electron chi connectivity index (χ2n) is 9.65. The molecule has 3 aromatic rings. The lowest BCUT2D eigenvalue weighted by Crippen LogP contribution is -2.45. The van der Waals surface area contributed by atoms with Crippen LogP contribution in [0, 0.1) is 11.8 Å². The molecule has 0 aromatic carbocycles. The molecule has 3 saturated carbocycles. The summed E-state index contributed by atoms with van der Waals surface area (Å²) >= 11 is 0.906. The van der Waals surface area contributed by atoms with E-state index in [-0.39, 0.29) is 21.4 Å². The smallest absolute Gasteiger partial charge is 0.339 e. The molecule has 3 aliphatic carbocycles. The van der Waals surface area contributed by atoms with E-state index in [1.54, 1.807) is 6.07 Å². The number of hydrogen-bond donors (Lipinski definition) is 2. The molecular formula is C22H20F3N7O3S2. The van der Waals surface area contributed by atoms with Gasteiger partial charge in [0.2, 0.25) is 10.0 Å². The van der Waals surface area contributed by atoms with E-state index in [9.17, 15) is 26.4 Å². The molecule has 0 saturated heterocycles. The van der Waals surface area contributed by atoms with Crippen molar-refractivity contribution in [1.82, 2.24) is 30.2 Å². The molecule has 0 bridgehead atoms. The van der Waals surface area contributed by atoms with Crippen molar-refractivity contribution >= 4 is 33.1 Å². The topological polar surface area (TPSA) is 140 Å². The fraction of sp³-hybridized carbons (Fsp3) is 0.455. The highest BCUT2D eigenvalue weighted by Crippen LogP contribution is 2.59. The number of sulfonamides is 1. The average molecular weight is 552 g/mol. The number of anilines is 1. The minimum Gasteiger partial charge on any atom is -0.339 e. The van der Waals surface area contributed by atoms with E-state index in [0.717, 1.165) is 17.8 Å². The third-order valence-corrected chi connectivity index (χ3v) is 9.75. The number of alkyl halides is 3. The molecule has 6 rings (SSSR count). The highest BCUT2D eigenvalue weighted by Gasteiger charge is 2.56. The van der Waals surface area contributed by atoms with E-state index in [0.29, 0.717) is 49.4 Å². The van der Waals surface area contributed by atoms with Gasteiger partial charge in [-0.2, -0.15) is 13.2 Å². The van der Waals surface area contributed by atoms with Gasteiger partial charge in [-0.3, -0.25) is 14.5 Å².